The van der Waals surface area contributed by atoms with Gasteiger partial charge in [0.1, 0.15) is 23.6 Å². The molecule has 0 spiro atoms. The van der Waals surface area contributed by atoms with E-state index < -0.39 is 48.5 Å². The Morgan fingerprint density at radius 2 is 2.06 bits per heavy atom. The molecule has 3 aromatic heterocycles. The van der Waals surface area contributed by atoms with Gasteiger partial charge in [-0.15, -0.1) is 0 Å². The summed E-state index contributed by atoms with van der Waals surface area (Å²) in [6.07, 6.45) is 6.63. The Morgan fingerprint density at radius 3 is 2.79 bits per heavy atom. The van der Waals surface area contributed by atoms with E-state index in [0.717, 1.165) is 0 Å². The fraction of sp³-hybridized carbons (Fsp3) is 0.312. The number of pyridine rings is 2. The number of hydrogen-bond acceptors (Lipinski definition) is 9. The molecule has 0 aliphatic carbocycles. The van der Waals surface area contributed by atoms with Crippen LogP contribution in [0.5, 0.6) is 6.01 Å². The fourth-order valence-corrected chi connectivity index (χ4v) is 6.31. The molecule has 0 bridgehead atoms. The van der Waals surface area contributed by atoms with Crippen molar-refractivity contribution in [3.63, 3.8) is 0 Å². The van der Waals surface area contributed by atoms with Crippen LogP contribution in [-0.2, 0) is 4.79 Å². The van der Waals surface area contributed by atoms with Gasteiger partial charge < -0.3 is 14.5 Å². The van der Waals surface area contributed by atoms with Crippen LogP contribution in [0.2, 0.25) is 5.02 Å². The number of carbonyl (C=O) groups is 1. The van der Waals surface area contributed by atoms with Crippen LogP contribution in [0.4, 0.5) is 23.4 Å². The van der Waals surface area contributed by atoms with Crippen molar-refractivity contribution in [1.29, 1.82) is 5.26 Å². The van der Waals surface area contributed by atoms with Gasteiger partial charge in [0.2, 0.25) is 0 Å². The van der Waals surface area contributed by atoms with Crippen molar-refractivity contribution in [1.82, 2.24) is 29.7 Å². The molecule has 4 aromatic rings. The van der Waals surface area contributed by atoms with Crippen molar-refractivity contribution in [2.45, 2.75) is 24.4 Å². The number of anilines is 1. The number of halogens is 5. The molecule has 2 fully saturated rings. The van der Waals surface area contributed by atoms with Crippen molar-refractivity contribution < 1.29 is 27.1 Å². The Bertz CT molecular complexity index is 1960. The number of nitriles is 1. The van der Waals surface area contributed by atoms with E-state index in [1.165, 1.54) is 34.3 Å². The highest BCUT2D eigenvalue weighted by molar-refractivity contribution is 6.36. The highest BCUT2D eigenvalue weighted by Crippen LogP contribution is 2.37. The van der Waals surface area contributed by atoms with Gasteiger partial charge >= 0.3 is 6.01 Å². The summed E-state index contributed by atoms with van der Waals surface area (Å²) in [6.45, 7) is 2.66. The molecule has 1 unspecified atom stereocenters. The average Bonchev–Trinajstić information content (AvgIpc) is 3.32. The largest absolute Gasteiger partial charge is 0.462 e. The fourth-order valence-electron chi connectivity index (χ4n) is 6.03. The molecule has 10 nitrogen and oxygen atoms in total. The standard InChI is InChI=1S/C32H27ClF4N8O2/c1-18(34)30(46)45-10-9-44(15-20(45)6-4-8-38)29-23-14-40-27(22-13-39-12-19-5-3-7-24(33)25(19)22)26(35)28(23)41-31(42-29)47-16-21-11-32(36,37)17-43(21)2/h3-7,12-14,20-21H,1,9-11,15-17H2,2H3/b6-4+/t20?,21-/m0/s1. The molecular formula is C32H27ClF4N8O2. The lowest BCUT2D eigenvalue weighted by Gasteiger charge is -2.40. The first-order valence-electron chi connectivity index (χ1n) is 14.5. The number of ether oxygens (including phenoxy) is 1. The van der Waals surface area contributed by atoms with E-state index >= 15 is 4.39 Å². The number of allylic oxidation sites excluding steroid dienone is 1. The number of likely N-dealkylation sites (tertiary alicyclic amines) is 1. The molecule has 242 valence electrons. The van der Waals surface area contributed by atoms with Crippen molar-refractivity contribution >= 4 is 45.0 Å². The summed E-state index contributed by atoms with van der Waals surface area (Å²) in [5.41, 5.74) is 0.0790. The van der Waals surface area contributed by atoms with E-state index in [2.05, 4.69) is 26.5 Å². The van der Waals surface area contributed by atoms with E-state index in [4.69, 9.17) is 21.6 Å². The Kier molecular flexibility index (Phi) is 8.69. The summed E-state index contributed by atoms with van der Waals surface area (Å²) in [7, 11) is 1.56. The van der Waals surface area contributed by atoms with Crippen LogP contribution in [0.15, 0.2) is 61.3 Å². The van der Waals surface area contributed by atoms with Gasteiger partial charge in [0.25, 0.3) is 11.8 Å². The van der Waals surface area contributed by atoms with E-state index in [-0.39, 0.29) is 54.7 Å². The number of alkyl halides is 2. The zero-order chi connectivity index (χ0) is 33.5. The van der Waals surface area contributed by atoms with Crippen molar-refractivity contribution in [3.05, 3.63) is 72.2 Å². The van der Waals surface area contributed by atoms with Gasteiger partial charge in [0, 0.05) is 78.1 Å². The lowest BCUT2D eigenvalue weighted by atomic mass is 10.0. The van der Waals surface area contributed by atoms with E-state index in [0.29, 0.717) is 21.4 Å². The first-order valence-corrected chi connectivity index (χ1v) is 14.9. The summed E-state index contributed by atoms with van der Waals surface area (Å²) in [5, 5.41) is 10.9. The summed E-state index contributed by atoms with van der Waals surface area (Å²) < 4.78 is 64.4. The SMILES string of the molecule is C=C(F)C(=O)N1CCN(c2nc(OC[C@@H]3CC(F)(F)CN3C)nc3c(F)c(-c4cncc5cccc(Cl)c45)ncc23)CC1/C=C/C#N. The van der Waals surface area contributed by atoms with Crippen LogP contribution in [0.1, 0.15) is 6.42 Å². The predicted octanol–water partition coefficient (Wildman–Crippen LogP) is 5.33. The molecule has 0 radical (unpaired) electrons. The quantitative estimate of drug-likeness (QED) is 0.147. The number of fused-ring (bicyclic) bond motifs is 2. The predicted molar refractivity (Wildman–Crippen MR) is 167 cm³/mol. The van der Waals surface area contributed by atoms with E-state index in [1.807, 2.05) is 6.07 Å². The molecule has 15 heteroatoms. The number of carbonyl (C=O) groups excluding carboxylic acids is 1. The topological polar surface area (TPSA) is 111 Å². The molecule has 1 aromatic carbocycles. The Hall–Kier alpha value is -4.87. The van der Waals surface area contributed by atoms with Gasteiger partial charge in [-0.3, -0.25) is 19.7 Å². The Labute approximate surface area is 271 Å². The number of amides is 1. The zero-order valence-corrected chi connectivity index (χ0v) is 25.8. The third-order valence-corrected chi connectivity index (χ3v) is 8.59. The summed E-state index contributed by atoms with van der Waals surface area (Å²) in [5.74, 6) is -5.60. The molecule has 2 atom stereocenters. The molecule has 47 heavy (non-hydrogen) atoms. The first kappa shape index (κ1) is 32.1. The third-order valence-electron chi connectivity index (χ3n) is 8.28. The number of rotatable bonds is 7. The third kappa shape index (κ3) is 6.28. The summed E-state index contributed by atoms with van der Waals surface area (Å²) in [4.78, 5) is 34.5. The normalized spacial score (nSPS) is 19.9. The number of hydrogen-bond donors (Lipinski definition) is 0. The second-order valence-electron chi connectivity index (χ2n) is 11.4. The minimum atomic E-state index is -2.88. The number of benzene rings is 1. The van der Waals surface area contributed by atoms with Gasteiger partial charge in [0.05, 0.1) is 24.0 Å². The molecule has 1 amide bonds. The van der Waals surface area contributed by atoms with Gasteiger partial charge in [-0.25, -0.2) is 17.6 Å². The Balaban J connectivity index is 1.45. The molecule has 2 aliphatic rings. The van der Waals surface area contributed by atoms with E-state index in [9.17, 15) is 18.0 Å². The molecule has 0 N–H and O–H groups in total. The highest BCUT2D eigenvalue weighted by Gasteiger charge is 2.43. The second kappa shape index (κ2) is 12.7. The van der Waals surface area contributed by atoms with Crippen LogP contribution in [0.3, 0.4) is 0 Å². The van der Waals surface area contributed by atoms with Crippen LogP contribution in [0.25, 0.3) is 32.9 Å². The van der Waals surface area contributed by atoms with Gasteiger partial charge in [0.15, 0.2) is 11.6 Å². The molecule has 2 saturated heterocycles. The highest BCUT2D eigenvalue weighted by atomic mass is 35.5. The number of aromatic nitrogens is 4. The lowest BCUT2D eigenvalue weighted by molar-refractivity contribution is -0.130. The smallest absolute Gasteiger partial charge is 0.319 e. The summed E-state index contributed by atoms with van der Waals surface area (Å²) in [6, 6.07) is 5.39. The van der Waals surface area contributed by atoms with Crippen molar-refractivity contribution in [2.75, 3.05) is 44.7 Å². The number of likely N-dealkylation sites (N-methyl/N-ethyl adjacent to an activating group) is 1. The minimum Gasteiger partial charge on any atom is -0.462 e. The maximum atomic E-state index is 16.6. The monoisotopic (exact) mass is 666 g/mol. The molecular weight excluding hydrogens is 640 g/mol. The average molecular weight is 667 g/mol. The maximum Gasteiger partial charge on any atom is 0.319 e. The Morgan fingerprint density at radius 1 is 1.26 bits per heavy atom. The molecule has 5 heterocycles. The van der Waals surface area contributed by atoms with Crippen molar-refractivity contribution in [2.24, 2.45) is 0 Å². The minimum absolute atomic E-state index is 0.0139. The zero-order valence-electron chi connectivity index (χ0n) is 25.0. The van der Waals surface area contributed by atoms with Crippen LogP contribution in [-0.4, -0.2) is 93.5 Å². The van der Waals surface area contributed by atoms with E-state index in [1.54, 1.807) is 36.3 Å². The van der Waals surface area contributed by atoms with Crippen LogP contribution >= 0.6 is 11.6 Å². The van der Waals surface area contributed by atoms with Gasteiger partial charge in [-0.2, -0.15) is 15.2 Å². The maximum absolute atomic E-state index is 16.6. The van der Waals surface area contributed by atoms with Crippen molar-refractivity contribution in [3.8, 4) is 23.3 Å². The van der Waals surface area contributed by atoms with Gasteiger partial charge in [-0.05, 0) is 19.2 Å². The molecule has 6 rings (SSSR count). The molecule has 0 saturated carbocycles. The second-order valence-corrected chi connectivity index (χ2v) is 11.8. The summed E-state index contributed by atoms with van der Waals surface area (Å²) >= 11 is 6.50. The number of nitrogens with zero attached hydrogens (tertiary/aromatic N) is 8. The van der Waals surface area contributed by atoms with Crippen LogP contribution < -0.4 is 9.64 Å². The van der Waals surface area contributed by atoms with Crippen LogP contribution in [0, 0.1) is 17.1 Å². The first-order chi connectivity index (χ1) is 22.5. The van der Waals surface area contributed by atoms with Gasteiger partial charge in [-0.1, -0.05) is 30.3 Å². The lowest BCUT2D eigenvalue weighted by Crippen LogP contribution is -2.55. The molecule has 2 aliphatic heterocycles. The number of piperazine rings is 1.